The molecule has 0 unspecified atom stereocenters. The van der Waals surface area contributed by atoms with Crippen molar-refractivity contribution in [2.45, 2.75) is 40.0 Å². The molecule has 76 valence electrons. The van der Waals surface area contributed by atoms with Gasteiger partial charge in [-0.1, -0.05) is 50.6 Å². The van der Waals surface area contributed by atoms with Crippen LogP contribution in [-0.2, 0) is 6.42 Å². The molecule has 0 radical (unpaired) electrons. The van der Waals surface area contributed by atoms with E-state index >= 15 is 0 Å². The van der Waals surface area contributed by atoms with Crippen LogP contribution >= 0.6 is 0 Å². The molecule has 0 aromatic heterocycles. The first-order valence-corrected chi connectivity index (χ1v) is 5.56. The van der Waals surface area contributed by atoms with Crippen LogP contribution in [0.5, 0.6) is 0 Å². The molecule has 0 heterocycles. The van der Waals surface area contributed by atoms with Crippen LogP contribution in [0.4, 0.5) is 0 Å². The standard InChI is InChI=1S/C14H20/c1-4-9-13-10-7-8-11-14(13)12(5-2)6-3/h5,7-8,10-11H,4,6,9H2,1-3H3/b12-5-. The smallest absolute Gasteiger partial charge is 0.0196 e. The van der Waals surface area contributed by atoms with E-state index in [2.05, 4.69) is 51.1 Å². The van der Waals surface area contributed by atoms with Gasteiger partial charge in [0, 0.05) is 0 Å². The lowest BCUT2D eigenvalue weighted by Gasteiger charge is -2.10. The average Bonchev–Trinajstić information content (AvgIpc) is 2.23. The van der Waals surface area contributed by atoms with Gasteiger partial charge in [0.15, 0.2) is 0 Å². The van der Waals surface area contributed by atoms with Crippen molar-refractivity contribution in [1.82, 2.24) is 0 Å². The highest BCUT2D eigenvalue weighted by Crippen LogP contribution is 2.22. The summed E-state index contributed by atoms with van der Waals surface area (Å²) in [5.74, 6) is 0. The highest BCUT2D eigenvalue weighted by Gasteiger charge is 2.03. The first-order valence-electron chi connectivity index (χ1n) is 5.56. The summed E-state index contributed by atoms with van der Waals surface area (Å²) in [5.41, 5.74) is 4.40. The summed E-state index contributed by atoms with van der Waals surface area (Å²) < 4.78 is 0. The Bertz CT molecular complexity index is 308. The van der Waals surface area contributed by atoms with Gasteiger partial charge in [-0.25, -0.2) is 0 Å². The highest BCUT2D eigenvalue weighted by molar-refractivity contribution is 5.67. The predicted octanol–water partition coefficient (Wildman–Crippen LogP) is 4.45. The molecule has 1 rings (SSSR count). The van der Waals surface area contributed by atoms with Crippen molar-refractivity contribution in [3.8, 4) is 0 Å². The minimum Gasteiger partial charge on any atom is -0.0838 e. The van der Waals surface area contributed by atoms with Crippen LogP contribution < -0.4 is 0 Å². The van der Waals surface area contributed by atoms with Gasteiger partial charge in [0.05, 0.1) is 0 Å². The van der Waals surface area contributed by atoms with Gasteiger partial charge in [0.2, 0.25) is 0 Å². The van der Waals surface area contributed by atoms with Crippen molar-refractivity contribution in [3.05, 3.63) is 41.5 Å². The molecule has 0 N–H and O–H groups in total. The maximum Gasteiger partial charge on any atom is -0.0196 e. The average molecular weight is 188 g/mol. The molecule has 0 heteroatoms. The normalized spacial score (nSPS) is 11.8. The largest absolute Gasteiger partial charge is 0.0838 e. The topological polar surface area (TPSA) is 0 Å². The first-order chi connectivity index (χ1) is 6.83. The Morgan fingerprint density at radius 1 is 1.21 bits per heavy atom. The Labute approximate surface area is 87.7 Å². The zero-order chi connectivity index (χ0) is 10.4. The zero-order valence-electron chi connectivity index (χ0n) is 9.51. The minimum absolute atomic E-state index is 1.12. The monoisotopic (exact) mass is 188 g/mol. The van der Waals surface area contributed by atoms with Gasteiger partial charge in [0.25, 0.3) is 0 Å². The number of rotatable bonds is 4. The Morgan fingerprint density at radius 2 is 1.93 bits per heavy atom. The summed E-state index contributed by atoms with van der Waals surface area (Å²) >= 11 is 0. The molecule has 0 amide bonds. The fourth-order valence-electron chi connectivity index (χ4n) is 1.87. The molecule has 14 heavy (non-hydrogen) atoms. The Hall–Kier alpha value is -1.04. The molecule has 0 saturated carbocycles. The van der Waals surface area contributed by atoms with E-state index in [0.29, 0.717) is 0 Å². The summed E-state index contributed by atoms with van der Waals surface area (Å²) in [6.07, 6.45) is 5.76. The summed E-state index contributed by atoms with van der Waals surface area (Å²) in [6.45, 7) is 6.58. The third-order valence-electron chi connectivity index (χ3n) is 2.61. The Morgan fingerprint density at radius 3 is 2.50 bits per heavy atom. The molecular formula is C14H20. The minimum atomic E-state index is 1.12. The molecule has 0 spiro atoms. The molecule has 0 atom stereocenters. The van der Waals surface area contributed by atoms with Gasteiger partial charge in [0.1, 0.15) is 0 Å². The molecule has 0 aliphatic heterocycles. The van der Waals surface area contributed by atoms with Gasteiger partial charge < -0.3 is 0 Å². The van der Waals surface area contributed by atoms with Crippen molar-refractivity contribution < 1.29 is 0 Å². The van der Waals surface area contributed by atoms with Gasteiger partial charge in [-0.3, -0.25) is 0 Å². The Balaban J connectivity index is 3.05. The van der Waals surface area contributed by atoms with Crippen LogP contribution in [0.2, 0.25) is 0 Å². The van der Waals surface area contributed by atoms with Gasteiger partial charge in [-0.15, -0.1) is 0 Å². The summed E-state index contributed by atoms with van der Waals surface area (Å²) in [4.78, 5) is 0. The Kier molecular flexibility index (Phi) is 4.45. The lowest BCUT2D eigenvalue weighted by atomic mass is 9.95. The second-order valence-electron chi connectivity index (χ2n) is 3.57. The fourth-order valence-corrected chi connectivity index (χ4v) is 1.87. The molecule has 0 aliphatic rings. The molecule has 1 aromatic carbocycles. The lowest BCUT2D eigenvalue weighted by molar-refractivity contribution is 0.916. The highest BCUT2D eigenvalue weighted by atomic mass is 14.1. The molecule has 0 nitrogen and oxygen atoms in total. The number of benzene rings is 1. The quantitative estimate of drug-likeness (QED) is 0.654. The van der Waals surface area contributed by atoms with Crippen LogP contribution in [0.25, 0.3) is 5.57 Å². The first kappa shape index (κ1) is 11.0. The van der Waals surface area contributed by atoms with Crippen molar-refractivity contribution >= 4 is 5.57 Å². The second-order valence-corrected chi connectivity index (χ2v) is 3.57. The predicted molar refractivity (Wildman–Crippen MR) is 64.4 cm³/mol. The van der Waals surface area contributed by atoms with E-state index in [0.717, 1.165) is 6.42 Å². The molecule has 0 fully saturated rings. The maximum absolute atomic E-state index is 2.25. The van der Waals surface area contributed by atoms with Gasteiger partial charge >= 0.3 is 0 Å². The van der Waals surface area contributed by atoms with E-state index in [4.69, 9.17) is 0 Å². The van der Waals surface area contributed by atoms with E-state index in [-0.39, 0.29) is 0 Å². The van der Waals surface area contributed by atoms with Crippen molar-refractivity contribution in [2.75, 3.05) is 0 Å². The summed E-state index contributed by atoms with van der Waals surface area (Å²) in [5, 5.41) is 0. The lowest BCUT2D eigenvalue weighted by Crippen LogP contribution is -1.92. The fraction of sp³-hybridized carbons (Fsp3) is 0.429. The third-order valence-corrected chi connectivity index (χ3v) is 2.61. The molecule has 1 aromatic rings. The van der Waals surface area contributed by atoms with Crippen molar-refractivity contribution in [1.29, 1.82) is 0 Å². The van der Waals surface area contributed by atoms with E-state index < -0.39 is 0 Å². The van der Waals surface area contributed by atoms with Crippen LogP contribution in [-0.4, -0.2) is 0 Å². The zero-order valence-corrected chi connectivity index (χ0v) is 9.51. The van der Waals surface area contributed by atoms with Crippen LogP contribution in [0.3, 0.4) is 0 Å². The van der Waals surface area contributed by atoms with Crippen LogP contribution in [0.1, 0.15) is 44.7 Å². The number of hydrogen-bond donors (Lipinski definition) is 0. The molecule has 0 bridgehead atoms. The van der Waals surface area contributed by atoms with E-state index in [9.17, 15) is 0 Å². The number of aryl methyl sites for hydroxylation is 1. The van der Waals surface area contributed by atoms with Gasteiger partial charge in [-0.05, 0) is 36.5 Å². The summed E-state index contributed by atoms with van der Waals surface area (Å²) in [6, 6.07) is 8.76. The SMILES string of the molecule is C/C=C(/CC)c1ccccc1CCC. The molecular weight excluding hydrogens is 168 g/mol. The second kappa shape index (κ2) is 5.64. The molecule has 0 aliphatic carbocycles. The van der Waals surface area contributed by atoms with Crippen LogP contribution in [0, 0.1) is 0 Å². The number of allylic oxidation sites excluding steroid dienone is 2. The molecule has 0 saturated heterocycles. The third kappa shape index (κ3) is 2.47. The van der Waals surface area contributed by atoms with Crippen LogP contribution in [0.15, 0.2) is 30.3 Å². The summed E-state index contributed by atoms with van der Waals surface area (Å²) in [7, 11) is 0. The van der Waals surface area contributed by atoms with E-state index in [1.807, 2.05) is 0 Å². The maximum atomic E-state index is 2.25. The van der Waals surface area contributed by atoms with E-state index in [1.165, 1.54) is 29.5 Å². The van der Waals surface area contributed by atoms with Crippen molar-refractivity contribution in [3.63, 3.8) is 0 Å². The number of hydrogen-bond acceptors (Lipinski definition) is 0. The van der Waals surface area contributed by atoms with Crippen molar-refractivity contribution in [2.24, 2.45) is 0 Å². The van der Waals surface area contributed by atoms with E-state index in [1.54, 1.807) is 0 Å². The van der Waals surface area contributed by atoms with Gasteiger partial charge in [-0.2, -0.15) is 0 Å².